The van der Waals surface area contributed by atoms with Crippen molar-refractivity contribution in [3.05, 3.63) is 82.9 Å². The topological polar surface area (TPSA) is 102 Å². The van der Waals surface area contributed by atoms with Crippen LogP contribution in [0.4, 0.5) is 11.4 Å². The number of carbonyl (C=O) groups excluding carboxylic acids is 2. The number of ether oxygens (including phenoxy) is 1. The van der Waals surface area contributed by atoms with Gasteiger partial charge in [-0.25, -0.2) is 8.42 Å². The van der Waals surface area contributed by atoms with Crippen LogP contribution >= 0.6 is 11.6 Å². The van der Waals surface area contributed by atoms with Crippen LogP contribution in [-0.4, -0.2) is 33.6 Å². The minimum atomic E-state index is -3.48. The summed E-state index contributed by atoms with van der Waals surface area (Å²) in [6, 6.07) is 17.1. The van der Waals surface area contributed by atoms with Crippen molar-refractivity contribution in [1.29, 1.82) is 0 Å². The van der Waals surface area contributed by atoms with Crippen LogP contribution in [0.3, 0.4) is 0 Å². The number of benzene rings is 3. The van der Waals surface area contributed by atoms with E-state index in [-0.39, 0.29) is 21.4 Å². The second-order valence-corrected chi connectivity index (χ2v) is 9.05. The number of carbonyl (C=O) groups is 2. The lowest BCUT2D eigenvalue weighted by Crippen LogP contribution is -2.14. The van der Waals surface area contributed by atoms with Crippen LogP contribution in [0, 0.1) is 0 Å². The first kappa shape index (κ1) is 22.3. The average molecular weight is 459 g/mol. The van der Waals surface area contributed by atoms with E-state index in [4.69, 9.17) is 16.3 Å². The van der Waals surface area contributed by atoms with Gasteiger partial charge in [0.1, 0.15) is 5.75 Å². The van der Waals surface area contributed by atoms with Gasteiger partial charge in [0, 0.05) is 23.2 Å². The lowest BCUT2D eigenvalue weighted by atomic mass is 10.1. The van der Waals surface area contributed by atoms with Crippen molar-refractivity contribution in [1.82, 2.24) is 0 Å². The van der Waals surface area contributed by atoms with Crippen LogP contribution in [0.1, 0.15) is 20.7 Å². The number of rotatable bonds is 6. The molecule has 160 valence electrons. The standard InChI is InChI=1S/C22H19ClN2O5S/c1-30-17-9-7-16(8-10-17)24-21(26)14-3-5-15(6-4-14)25-22(27)19-13-18(31(2,28)29)11-12-20(19)23/h3-13H,1-2H3,(H,24,26)(H,25,27). The highest BCUT2D eigenvalue weighted by molar-refractivity contribution is 7.90. The van der Waals surface area contributed by atoms with Crippen molar-refractivity contribution in [2.45, 2.75) is 4.90 Å². The minimum absolute atomic E-state index is 0.00685. The first-order valence-electron chi connectivity index (χ1n) is 9.04. The maximum Gasteiger partial charge on any atom is 0.257 e. The van der Waals surface area contributed by atoms with Crippen LogP contribution in [0.15, 0.2) is 71.6 Å². The van der Waals surface area contributed by atoms with E-state index in [2.05, 4.69) is 10.6 Å². The summed E-state index contributed by atoms with van der Waals surface area (Å²) in [5, 5.41) is 5.54. The molecule has 2 amide bonds. The van der Waals surface area contributed by atoms with Crippen molar-refractivity contribution in [3.8, 4) is 5.75 Å². The van der Waals surface area contributed by atoms with Crippen molar-refractivity contribution >= 4 is 44.6 Å². The van der Waals surface area contributed by atoms with Gasteiger partial charge in [0.2, 0.25) is 0 Å². The van der Waals surface area contributed by atoms with Gasteiger partial charge in [-0.2, -0.15) is 0 Å². The third-order valence-corrected chi connectivity index (χ3v) is 5.80. The summed E-state index contributed by atoms with van der Waals surface area (Å²) in [4.78, 5) is 24.9. The molecule has 0 saturated heterocycles. The Balaban J connectivity index is 1.70. The highest BCUT2D eigenvalue weighted by Crippen LogP contribution is 2.22. The van der Waals surface area contributed by atoms with E-state index >= 15 is 0 Å². The summed E-state index contributed by atoms with van der Waals surface area (Å²) in [5.74, 6) is -0.196. The molecule has 0 atom stereocenters. The molecule has 0 spiro atoms. The van der Waals surface area contributed by atoms with Gasteiger partial charge >= 0.3 is 0 Å². The van der Waals surface area contributed by atoms with Crippen LogP contribution < -0.4 is 15.4 Å². The molecule has 0 aliphatic heterocycles. The molecular weight excluding hydrogens is 440 g/mol. The molecule has 0 heterocycles. The van der Waals surface area contributed by atoms with Crippen molar-refractivity contribution < 1.29 is 22.7 Å². The molecule has 0 fully saturated rings. The summed E-state index contributed by atoms with van der Waals surface area (Å²) in [6.45, 7) is 0. The second kappa shape index (κ2) is 9.20. The Morgan fingerprint density at radius 2 is 1.39 bits per heavy atom. The molecule has 3 aromatic carbocycles. The molecule has 0 saturated carbocycles. The van der Waals surface area contributed by atoms with Gasteiger partial charge in [0.05, 0.1) is 22.6 Å². The summed E-state index contributed by atoms with van der Waals surface area (Å²) < 4.78 is 28.5. The van der Waals surface area contributed by atoms with Crippen LogP contribution in [0.2, 0.25) is 5.02 Å². The molecule has 0 bridgehead atoms. The molecule has 7 nitrogen and oxygen atoms in total. The highest BCUT2D eigenvalue weighted by Gasteiger charge is 2.16. The molecular formula is C22H19ClN2O5S. The van der Waals surface area contributed by atoms with E-state index in [9.17, 15) is 18.0 Å². The second-order valence-electron chi connectivity index (χ2n) is 6.63. The van der Waals surface area contributed by atoms with E-state index in [0.29, 0.717) is 22.7 Å². The predicted octanol–water partition coefficient (Wildman–Crippen LogP) is 4.26. The maximum absolute atomic E-state index is 12.5. The predicted molar refractivity (Wildman–Crippen MR) is 120 cm³/mol. The molecule has 3 aromatic rings. The van der Waals surface area contributed by atoms with Gasteiger partial charge in [0.25, 0.3) is 11.8 Å². The molecule has 31 heavy (non-hydrogen) atoms. The van der Waals surface area contributed by atoms with E-state index in [0.717, 1.165) is 6.26 Å². The highest BCUT2D eigenvalue weighted by atomic mass is 35.5. The van der Waals surface area contributed by atoms with Gasteiger partial charge in [-0.15, -0.1) is 0 Å². The van der Waals surface area contributed by atoms with Crippen LogP contribution in [0.25, 0.3) is 0 Å². The SMILES string of the molecule is COc1ccc(NC(=O)c2ccc(NC(=O)c3cc(S(C)(=O)=O)ccc3Cl)cc2)cc1. The minimum Gasteiger partial charge on any atom is -0.497 e. The number of nitrogens with one attached hydrogen (secondary N) is 2. The number of amides is 2. The van der Waals surface area contributed by atoms with Gasteiger partial charge in [-0.1, -0.05) is 11.6 Å². The zero-order valence-electron chi connectivity index (χ0n) is 16.7. The smallest absolute Gasteiger partial charge is 0.257 e. The summed E-state index contributed by atoms with van der Waals surface area (Å²) in [5.41, 5.74) is 1.47. The third-order valence-electron chi connectivity index (χ3n) is 4.36. The zero-order valence-corrected chi connectivity index (χ0v) is 18.3. The van der Waals surface area contributed by atoms with E-state index in [1.54, 1.807) is 55.6 Å². The Morgan fingerprint density at radius 3 is 1.94 bits per heavy atom. The summed E-state index contributed by atoms with van der Waals surface area (Å²) in [7, 11) is -1.92. The number of hydrogen-bond donors (Lipinski definition) is 2. The lowest BCUT2D eigenvalue weighted by Gasteiger charge is -2.10. The van der Waals surface area contributed by atoms with Gasteiger partial charge < -0.3 is 15.4 Å². The largest absolute Gasteiger partial charge is 0.497 e. The van der Waals surface area contributed by atoms with Crippen molar-refractivity contribution in [2.24, 2.45) is 0 Å². The van der Waals surface area contributed by atoms with Crippen molar-refractivity contribution in [3.63, 3.8) is 0 Å². The number of anilines is 2. The zero-order chi connectivity index (χ0) is 22.6. The number of sulfone groups is 1. The Bertz CT molecular complexity index is 1220. The average Bonchev–Trinajstić information content (AvgIpc) is 2.74. The molecule has 9 heteroatoms. The Hall–Kier alpha value is -3.36. The maximum atomic E-state index is 12.5. The Labute approximate surface area is 184 Å². The Morgan fingerprint density at radius 1 is 0.839 bits per heavy atom. The Kier molecular flexibility index (Phi) is 6.62. The fraction of sp³-hybridized carbons (Fsp3) is 0.0909. The molecule has 0 unspecified atom stereocenters. The molecule has 0 aliphatic rings. The number of methoxy groups -OCH3 is 1. The first-order valence-corrected chi connectivity index (χ1v) is 11.3. The lowest BCUT2D eigenvalue weighted by molar-refractivity contribution is 0.102. The third kappa shape index (κ3) is 5.62. The van der Waals surface area contributed by atoms with Gasteiger partial charge in [0.15, 0.2) is 9.84 Å². The number of hydrogen-bond acceptors (Lipinski definition) is 5. The molecule has 3 rings (SSSR count). The molecule has 0 radical (unpaired) electrons. The summed E-state index contributed by atoms with van der Waals surface area (Å²) >= 11 is 6.05. The van der Waals surface area contributed by atoms with Crippen molar-refractivity contribution in [2.75, 3.05) is 24.0 Å². The summed E-state index contributed by atoms with van der Waals surface area (Å²) in [6.07, 6.45) is 1.05. The fourth-order valence-corrected chi connectivity index (χ4v) is 3.54. The normalized spacial score (nSPS) is 10.9. The monoisotopic (exact) mass is 458 g/mol. The molecule has 2 N–H and O–H groups in total. The quantitative estimate of drug-likeness (QED) is 0.574. The molecule has 0 aromatic heterocycles. The fourth-order valence-electron chi connectivity index (χ4n) is 2.69. The number of halogens is 1. The van der Waals surface area contributed by atoms with Crippen LogP contribution in [0.5, 0.6) is 5.75 Å². The first-order chi connectivity index (χ1) is 14.7. The van der Waals surface area contributed by atoms with Gasteiger partial charge in [-0.3, -0.25) is 9.59 Å². The van der Waals surface area contributed by atoms with E-state index < -0.39 is 15.7 Å². The van der Waals surface area contributed by atoms with Crippen LogP contribution in [-0.2, 0) is 9.84 Å². The van der Waals surface area contributed by atoms with Gasteiger partial charge in [-0.05, 0) is 66.7 Å². The van der Waals surface area contributed by atoms with E-state index in [1.807, 2.05) is 0 Å². The van der Waals surface area contributed by atoms with E-state index in [1.165, 1.54) is 18.2 Å². The molecule has 0 aliphatic carbocycles.